The lowest BCUT2D eigenvalue weighted by molar-refractivity contribution is -0.155. The van der Waals surface area contributed by atoms with E-state index >= 15 is 0 Å². The Bertz CT molecular complexity index is 373. The number of ether oxygens (including phenoxy) is 1. The van der Waals surface area contributed by atoms with E-state index in [0.717, 1.165) is 0 Å². The number of hydrogen-bond acceptors (Lipinski definition) is 6. The lowest BCUT2D eigenvalue weighted by Gasteiger charge is -2.27. The number of tetrazole rings is 1. The molecule has 0 aromatic carbocycles. The highest BCUT2D eigenvalue weighted by Gasteiger charge is 2.38. The normalized spacial score (nSPS) is 14.4. The Morgan fingerprint density at radius 3 is 2.65 bits per heavy atom. The number of esters is 1. The van der Waals surface area contributed by atoms with E-state index in [9.17, 15) is 4.79 Å². The van der Waals surface area contributed by atoms with Gasteiger partial charge in [0.15, 0.2) is 5.82 Å². The van der Waals surface area contributed by atoms with E-state index in [2.05, 4.69) is 15.4 Å². The monoisotopic (exact) mass is 241 g/mol. The van der Waals surface area contributed by atoms with Gasteiger partial charge in [0.05, 0.1) is 19.1 Å². The molecule has 0 aliphatic heterocycles. The summed E-state index contributed by atoms with van der Waals surface area (Å²) in [5, 5.41) is 11.7. The van der Waals surface area contributed by atoms with Crippen molar-refractivity contribution < 1.29 is 9.53 Å². The van der Waals surface area contributed by atoms with E-state index in [-0.39, 0.29) is 12.5 Å². The summed E-state index contributed by atoms with van der Waals surface area (Å²) in [5.41, 5.74) is 4.97. The van der Waals surface area contributed by atoms with Crippen LogP contribution in [-0.4, -0.2) is 39.3 Å². The van der Waals surface area contributed by atoms with Crippen LogP contribution < -0.4 is 5.73 Å². The van der Waals surface area contributed by atoms with Crippen molar-refractivity contribution in [1.29, 1.82) is 0 Å². The van der Waals surface area contributed by atoms with Crippen molar-refractivity contribution in [3.05, 3.63) is 5.82 Å². The molecule has 1 aromatic heterocycles. The molecule has 0 saturated carbocycles. The van der Waals surface area contributed by atoms with E-state index < -0.39 is 5.41 Å². The van der Waals surface area contributed by atoms with Crippen LogP contribution in [0, 0.1) is 5.41 Å². The minimum atomic E-state index is -0.751. The fourth-order valence-electron chi connectivity index (χ4n) is 1.62. The second kappa shape index (κ2) is 5.72. The zero-order chi connectivity index (χ0) is 12.9. The molecule has 0 amide bonds. The van der Waals surface area contributed by atoms with Crippen LogP contribution in [0.1, 0.15) is 26.1 Å². The largest absolute Gasteiger partial charge is 0.466 e. The molecule has 1 aromatic rings. The highest BCUT2D eigenvalue weighted by Crippen LogP contribution is 2.26. The first kappa shape index (κ1) is 13.6. The van der Waals surface area contributed by atoms with Gasteiger partial charge in [-0.05, 0) is 18.6 Å². The first-order valence-electron chi connectivity index (χ1n) is 5.68. The quantitative estimate of drug-likeness (QED) is 0.685. The molecule has 0 fully saturated rings. The minimum absolute atomic E-state index is 0.209. The van der Waals surface area contributed by atoms with Gasteiger partial charge >= 0.3 is 5.97 Å². The van der Waals surface area contributed by atoms with Gasteiger partial charge in [-0.15, -0.1) is 10.2 Å². The summed E-state index contributed by atoms with van der Waals surface area (Å²) in [7, 11) is 1.68. The van der Waals surface area contributed by atoms with Crippen molar-refractivity contribution in [2.75, 3.05) is 13.2 Å². The zero-order valence-corrected chi connectivity index (χ0v) is 10.5. The van der Waals surface area contributed by atoms with Gasteiger partial charge in [-0.2, -0.15) is 4.80 Å². The molecule has 1 atom stereocenters. The van der Waals surface area contributed by atoms with Gasteiger partial charge < -0.3 is 10.5 Å². The zero-order valence-electron chi connectivity index (χ0n) is 10.5. The molecule has 0 saturated heterocycles. The summed E-state index contributed by atoms with van der Waals surface area (Å²) in [5.74, 6) is 0.213. The van der Waals surface area contributed by atoms with Crippen molar-refractivity contribution >= 4 is 5.97 Å². The number of aromatic nitrogens is 4. The first-order valence-corrected chi connectivity index (χ1v) is 5.68. The number of aryl methyl sites for hydroxylation is 1. The summed E-state index contributed by atoms with van der Waals surface area (Å²) < 4.78 is 5.07. The van der Waals surface area contributed by atoms with Crippen molar-refractivity contribution in [2.24, 2.45) is 18.2 Å². The van der Waals surface area contributed by atoms with Crippen LogP contribution in [-0.2, 0) is 23.0 Å². The summed E-state index contributed by atoms with van der Waals surface area (Å²) in [6.45, 7) is 4.23. The third-order valence-corrected chi connectivity index (χ3v) is 2.82. The fourth-order valence-corrected chi connectivity index (χ4v) is 1.62. The van der Waals surface area contributed by atoms with Gasteiger partial charge in [0.2, 0.25) is 0 Å². The van der Waals surface area contributed by atoms with Crippen molar-refractivity contribution in [3.8, 4) is 0 Å². The molecule has 1 unspecified atom stereocenters. The van der Waals surface area contributed by atoms with Gasteiger partial charge in [-0.25, -0.2) is 0 Å². The molecule has 0 radical (unpaired) electrons. The van der Waals surface area contributed by atoms with Crippen LogP contribution in [0.4, 0.5) is 0 Å². The highest BCUT2D eigenvalue weighted by molar-refractivity contribution is 5.77. The van der Waals surface area contributed by atoms with E-state index in [4.69, 9.17) is 10.5 Å². The smallest absolute Gasteiger partial charge is 0.313 e. The Labute approximate surface area is 100 Å². The average molecular weight is 241 g/mol. The summed E-state index contributed by atoms with van der Waals surface area (Å²) in [4.78, 5) is 13.3. The molecule has 0 spiro atoms. The van der Waals surface area contributed by atoms with Crippen molar-refractivity contribution in [1.82, 2.24) is 20.2 Å². The number of nitrogens with zero attached hydrogens (tertiary/aromatic N) is 4. The molecule has 2 N–H and O–H groups in total. The lowest BCUT2D eigenvalue weighted by Crippen LogP contribution is -2.41. The highest BCUT2D eigenvalue weighted by atomic mass is 16.5. The van der Waals surface area contributed by atoms with Gasteiger partial charge in [-0.1, -0.05) is 6.92 Å². The molecule has 96 valence electrons. The van der Waals surface area contributed by atoms with Crippen LogP contribution in [0.25, 0.3) is 0 Å². The molecule has 17 heavy (non-hydrogen) atoms. The maximum Gasteiger partial charge on any atom is 0.313 e. The Morgan fingerprint density at radius 1 is 1.53 bits per heavy atom. The molecular weight excluding hydrogens is 222 g/mol. The fraction of sp³-hybridized carbons (Fsp3) is 0.800. The topological polar surface area (TPSA) is 95.9 Å². The number of nitrogens with two attached hydrogens (primary N) is 1. The number of rotatable bonds is 6. The van der Waals surface area contributed by atoms with Crippen LogP contribution in [0.2, 0.25) is 0 Å². The van der Waals surface area contributed by atoms with Crippen LogP contribution in [0.5, 0.6) is 0 Å². The Balaban J connectivity index is 2.87. The summed E-state index contributed by atoms with van der Waals surface area (Å²) >= 11 is 0. The molecule has 0 bridgehead atoms. The first-order chi connectivity index (χ1) is 8.07. The maximum atomic E-state index is 12.0. The van der Waals surface area contributed by atoms with E-state index in [1.165, 1.54) is 4.80 Å². The molecule has 7 nitrogen and oxygen atoms in total. The minimum Gasteiger partial charge on any atom is -0.466 e. The predicted molar refractivity (Wildman–Crippen MR) is 60.9 cm³/mol. The summed E-state index contributed by atoms with van der Waals surface area (Å²) in [6.07, 6.45) is 0.938. The molecule has 0 aliphatic carbocycles. The van der Waals surface area contributed by atoms with Gasteiger partial charge in [0.1, 0.15) is 0 Å². The van der Waals surface area contributed by atoms with Crippen LogP contribution >= 0.6 is 0 Å². The van der Waals surface area contributed by atoms with Crippen LogP contribution in [0.15, 0.2) is 0 Å². The average Bonchev–Trinajstić information content (AvgIpc) is 2.72. The second-order valence-corrected chi connectivity index (χ2v) is 3.93. The van der Waals surface area contributed by atoms with Crippen molar-refractivity contribution in [3.63, 3.8) is 0 Å². The van der Waals surface area contributed by atoms with Gasteiger partial charge in [-0.3, -0.25) is 4.79 Å². The van der Waals surface area contributed by atoms with E-state index in [1.807, 2.05) is 6.92 Å². The Hall–Kier alpha value is -1.50. The van der Waals surface area contributed by atoms with E-state index in [1.54, 1.807) is 14.0 Å². The molecule has 1 heterocycles. The Kier molecular flexibility index (Phi) is 4.56. The van der Waals surface area contributed by atoms with Gasteiger partial charge in [0, 0.05) is 13.0 Å². The third kappa shape index (κ3) is 3.00. The molecule has 0 aliphatic rings. The van der Waals surface area contributed by atoms with Crippen LogP contribution in [0.3, 0.4) is 0 Å². The third-order valence-electron chi connectivity index (χ3n) is 2.82. The Morgan fingerprint density at radius 2 is 2.24 bits per heavy atom. The lowest BCUT2D eigenvalue weighted by atomic mass is 9.81. The van der Waals surface area contributed by atoms with E-state index in [0.29, 0.717) is 25.3 Å². The van der Waals surface area contributed by atoms with Crippen molar-refractivity contribution in [2.45, 2.75) is 26.7 Å². The maximum absolute atomic E-state index is 12.0. The summed E-state index contributed by atoms with van der Waals surface area (Å²) in [6, 6.07) is 0. The number of carbonyl (C=O) groups is 1. The number of carbonyl (C=O) groups excluding carboxylic acids is 1. The predicted octanol–water partition coefficient (Wildman–Crippen LogP) is -0.329. The molecule has 7 heteroatoms. The second-order valence-electron chi connectivity index (χ2n) is 3.93. The number of hydrogen-bond donors (Lipinski definition) is 1. The molecular formula is C10H19N5O2. The SMILES string of the molecule is CCOC(=O)C(CC)(CN)Cc1nnn(C)n1. The molecule has 1 rings (SSSR count). The standard InChI is InChI=1S/C10H19N5O2/c1-4-10(7-11,9(16)17-5-2)6-8-12-14-15(3)13-8/h4-7,11H2,1-3H3. The van der Waals surface area contributed by atoms with Gasteiger partial charge in [0.25, 0.3) is 0 Å².